The van der Waals surface area contributed by atoms with Crippen LogP contribution in [-0.4, -0.2) is 11.8 Å². The monoisotopic (exact) mass is 302 g/mol. The fraction of sp³-hybridized carbons (Fsp3) is 0.250. The van der Waals surface area contributed by atoms with E-state index in [0.29, 0.717) is 18.6 Å². The average Bonchev–Trinajstić information content (AvgIpc) is 3.17. The minimum atomic E-state index is -1.10. The molecule has 1 aliphatic carbocycles. The van der Waals surface area contributed by atoms with Crippen molar-refractivity contribution in [1.82, 2.24) is 5.32 Å². The standard InChI is InChI=1S/C16H15FN2O3/c17-12-5-1-2-6-13(12)19-15(21)16(7-8-16)14(20)18-10-11-4-3-9-22-11/h1-6,9H,7-8,10H2,(H,18,20)(H,19,21). The van der Waals surface area contributed by atoms with Crippen LogP contribution in [0.1, 0.15) is 18.6 Å². The average molecular weight is 302 g/mol. The van der Waals surface area contributed by atoms with Crippen LogP contribution in [0.15, 0.2) is 47.1 Å². The Morgan fingerprint density at radius 2 is 1.91 bits per heavy atom. The van der Waals surface area contributed by atoms with E-state index in [1.54, 1.807) is 18.2 Å². The number of carbonyl (C=O) groups is 2. The molecule has 2 aromatic rings. The molecule has 114 valence electrons. The highest BCUT2D eigenvalue weighted by Crippen LogP contribution is 2.47. The number of rotatable bonds is 5. The summed E-state index contributed by atoms with van der Waals surface area (Å²) < 4.78 is 18.7. The Labute approximate surface area is 126 Å². The van der Waals surface area contributed by atoms with Gasteiger partial charge in [-0.15, -0.1) is 0 Å². The van der Waals surface area contributed by atoms with Gasteiger partial charge in [0.05, 0.1) is 18.5 Å². The molecule has 22 heavy (non-hydrogen) atoms. The molecule has 5 nitrogen and oxygen atoms in total. The van der Waals surface area contributed by atoms with Gasteiger partial charge in [-0.3, -0.25) is 9.59 Å². The van der Waals surface area contributed by atoms with Crippen molar-refractivity contribution in [2.75, 3.05) is 5.32 Å². The van der Waals surface area contributed by atoms with Gasteiger partial charge in [-0.25, -0.2) is 4.39 Å². The van der Waals surface area contributed by atoms with Crippen LogP contribution >= 0.6 is 0 Å². The van der Waals surface area contributed by atoms with Gasteiger partial charge in [0.15, 0.2) is 0 Å². The Morgan fingerprint density at radius 3 is 2.55 bits per heavy atom. The Kier molecular flexibility index (Phi) is 3.66. The molecule has 2 amide bonds. The van der Waals surface area contributed by atoms with E-state index in [1.165, 1.54) is 24.5 Å². The first-order chi connectivity index (χ1) is 10.6. The fourth-order valence-electron chi connectivity index (χ4n) is 2.24. The van der Waals surface area contributed by atoms with Crippen molar-refractivity contribution in [3.8, 4) is 0 Å². The van der Waals surface area contributed by atoms with Crippen molar-refractivity contribution in [2.45, 2.75) is 19.4 Å². The summed E-state index contributed by atoms with van der Waals surface area (Å²) in [5, 5.41) is 5.17. The molecule has 0 radical (unpaired) electrons. The molecule has 0 spiro atoms. The van der Waals surface area contributed by atoms with Crippen molar-refractivity contribution < 1.29 is 18.4 Å². The number of halogens is 1. The third-order valence-corrected chi connectivity index (χ3v) is 3.74. The smallest absolute Gasteiger partial charge is 0.240 e. The molecule has 0 saturated heterocycles. The zero-order chi connectivity index (χ0) is 15.6. The maximum absolute atomic E-state index is 13.6. The summed E-state index contributed by atoms with van der Waals surface area (Å²) in [6, 6.07) is 9.33. The maximum Gasteiger partial charge on any atom is 0.240 e. The number of anilines is 1. The van der Waals surface area contributed by atoms with E-state index in [4.69, 9.17) is 4.42 Å². The SMILES string of the molecule is O=C(NCc1ccco1)C1(C(=O)Nc2ccccc2F)CC1. The molecule has 2 N–H and O–H groups in total. The van der Waals surface area contributed by atoms with Crippen molar-refractivity contribution in [2.24, 2.45) is 5.41 Å². The summed E-state index contributed by atoms with van der Waals surface area (Å²) in [6.45, 7) is 0.223. The molecular formula is C16H15FN2O3. The zero-order valence-electron chi connectivity index (χ0n) is 11.8. The largest absolute Gasteiger partial charge is 0.467 e. The fourth-order valence-corrected chi connectivity index (χ4v) is 2.24. The zero-order valence-corrected chi connectivity index (χ0v) is 11.8. The van der Waals surface area contributed by atoms with E-state index in [0.717, 1.165) is 0 Å². The molecule has 0 atom stereocenters. The van der Waals surface area contributed by atoms with Crippen LogP contribution < -0.4 is 10.6 Å². The first-order valence-corrected chi connectivity index (χ1v) is 6.98. The minimum Gasteiger partial charge on any atom is -0.467 e. The normalized spacial score (nSPS) is 15.1. The number of hydrogen-bond donors (Lipinski definition) is 2. The molecule has 1 heterocycles. The van der Waals surface area contributed by atoms with Gasteiger partial charge in [-0.1, -0.05) is 12.1 Å². The first-order valence-electron chi connectivity index (χ1n) is 6.98. The molecule has 1 fully saturated rings. The van der Waals surface area contributed by atoms with Crippen molar-refractivity contribution in [3.05, 3.63) is 54.2 Å². The number of para-hydroxylation sites is 1. The van der Waals surface area contributed by atoms with Crippen LogP contribution in [-0.2, 0) is 16.1 Å². The van der Waals surface area contributed by atoms with Crippen LogP contribution in [0.5, 0.6) is 0 Å². The van der Waals surface area contributed by atoms with Crippen molar-refractivity contribution in [1.29, 1.82) is 0 Å². The molecular weight excluding hydrogens is 287 g/mol. The number of furan rings is 1. The second kappa shape index (κ2) is 5.63. The number of carbonyl (C=O) groups excluding carboxylic acids is 2. The van der Waals surface area contributed by atoms with E-state index in [9.17, 15) is 14.0 Å². The van der Waals surface area contributed by atoms with Gasteiger partial charge in [-0.05, 0) is 37.1 Å². The Morgan fingerprint density at radius 1 is 1.14 bits per heavy atom. The lowest BCUT2D eigenvalue weighted by Gasteiger charge is -2.15. The molecule has 1 aromatic carbocycles. The van der Waals surface area contributed by atoms with Crippen LogP contribution in [0.25, 0.3) is 0 Å². The lowest BCUT2D eigenvalue weighted by Crippen LogP contribution is -2.39. The maximum atomic E-state index is 13.6. The molecule has 0 aliphatic heterocycles. The van der Waals surface area contributed by atoms with E-state index < -0.39 is 17.1 Å². The van der Waals surface area contributed by atoms with E-state index in [-0.39, 0.29) is 18.1 Å². The second-order valence-corrected chi connectivity index (χ2v) is 5.28. The van der Waals surface area contributed by atoms with Crippen molar-refractivity contribution in [3.63, 3.8) is 0 Å². The van der Waals surface area contributed by atoms with Gasteiger partial charge < -0.3 is 15.1 Å². The summed E-state index contributed by atoms with van der Waals surface area (Å²) in [6.07, 6.45) is 2.42. The van der Waals surface area contributed by atoms with Gasteiger partial charge >= 0.3 is 0 Å². The third-order valence-electron chi connectivity index (χ3n) is 3.74. The Hall–Kier alpha value is -2.63. The van der Waals surface area contributed by atoms with Gasteiger partial charge in [-0.2, -0.15) is 0 Å². The van der Waals surface area contributed by atoms with Gasteiger partial charge in [0, 0.05) is 0 Å². The summed E-state index contributed by atoms with van der Waals surface area (Å²) >= 11 is 0. The predicted molar refractivity (Wildman–Crippen MR) is 77.3 cm³/mol. The van der Waals surface area contributed by atoms with E-state index >= 15 is 0 Å². The Balaban J connectivity index is 1.64. The number of benzene rings is 1. The predicted octanol–water partition coefficient (Wildman–Crippen LogP) is 2.45. The Bertz CT molecular complexity index is 693. The topological polar surface area (TPSA) is 71.3 Å². The summed E-state index contributed by atoms with van der Waals surface area (Å²) in [5.74, 6) is -0.756. The molecule has 3 rings (SSSR count). The first kappa shape index (κ1) is 14.3. The lowest BCUT2D eigenvalue weighted by atomic mass is 10.0. The number of hydrogen-bond acceptors (Lipinski definition) is 3. The van der Waals surface area contributed by atoms with Gasteiger partial charge in [0.1, 0.15) is 17.0 Å². The van der Waals surface area contributed by atoms with Gasteiger partial charge in [0.2, 0.25) is 11.8 Å². The van der Waals surface area contributed by atoms with Gasteiger partial charge in [0.25, 0.3) is 0 Å². The summed E-state index contributed by atoms with van der Waals surface area (Å²) in [5.41, 5.74) is -1.02. The van der Waals surface area contributed by atoms with E-state index in [2.05, 4.69) is 10.6 Å². The van der Waals surface area contributed by atoms with E-state index in [1.807, 2.05) is 0 Å². The summed E-state index contributed by atoms with van der Waals surface area (Å²) in [4.78, 5) is 24.5. The lowest BCUT2D eigenvalue weighted by molar-refractivity contribution is -0.134. The van der Waals surface area contributed by atoms with Crippen LogP contribution in [0.3, 0.4) is 0 Å². The van der Waals surface area contributed by atoms with Crippen LogP contribution in [0.2, 0.25) is 0 Å². The molecule has 0 bridgehead atoms. The highest BCUT2D eigenvalue weighted by atomic mass is 19.1. The van der Waals surface area contributed by atoms with Crippen molar-refractivity contribution >= 4 is 17.5 Å². The minimum absolute atomic E-state index is 0.0811. The molecule has 1 saturated carbocycles. The highest BCUT2D eigenvalue weighted by Gasteiger charge is 2.56. The molecule has 1 aromatic heterocycles. The molecule has 0 unspecified atom stereocenters. The molecule has 6 heteroatoms. The third kappa shape index (κ3) is 2.72. The quantitative estimate of drug-likeness (QED) is 0.833. The van der Waals surface area contributed by atoms with Crippen LogP contribution in [0.4, 0.5) is 10.1 Å². The highest BCUT2D eigenvalue weighted by molar-refractivity contribution is 6.13. The van der Waals surface area contributed by atoms with Crippen LogP contribution in [0, 0.1) is 11.2 Å². The number of nitrogens with one attached hydrogen (secondary N) is 2. The second-order valence-electron chi connectivity index (χ2n) is 5.28. The number of amides is 2. The molecule has 1 aliphatic rings. The summed E-state index contributed by atoms with van der Waals surface area (Å²) in [7, 11) is 0.